The van der Waals surface area contributed by atoms with Crippen molar-refractivity contribution in [1.29, 1.82) is 0 Å². The van der Waals surface area contributed by atoms with Gasteiger partial charge in [0.15, 0.2) is 0 Å². The Balaban J connectivity index is 2.27. The number of carbonyl (C=O) groups is 1. The van der Waals surface area contributed by atoms with Gasteiger partial charge >= 0.3 is 6.09 Å². The van der Waals surface area contributed by atoms with Crippen molar-refractivity contribution in [2.45, 2.75) is 18.6 Å². The van der Waals surface area contributed by atoms with Crippen LogP contribution in [0.15, 0.2) is 12.7 Å². The first kappa shape index (κ1) is 11.0. The first-order valence-electron chi connectivity index (χ1n) is 4.63. The number of carbonyl (C=O) groups excluding carboxylic acids is 1. The Kier molecular flexibility index (Phi) is 4.39. The highest BCUT2D eigenvalue weighted by atomic mass is 19.1. The molecule has 1 aliphatic rings. The van der Waals surface area contributed by atoms with Crippen LogP contribution in [-0.4, -0.2) is 38.0 Å². The van der Waals surface area contributed by atoms with Crippen molar-refractivity contribution < 1.29 is 13.9 Å². The standard InChI is InChI=1S/C9H15FN2O2/c1-2-5-14-9(13)12-8-3-4-11-6-7(8)10/h2,7-8,11H,1,3-6H2,(H,12,13). The SMILES string of the molecule is C=CCOC(=O)NC1CCNCC1F. The molecular formula is C9H15FN2O2. The predicted octanol–water partition coefficient (Wildman–Crippen LogP) is 0.599. The lowest BCUT2D eigenvalue weighted by atomic mass is 10.1. The van der Waals surface area contributed by atoms with E-state index in [0.717, 1.165) is 0 Å². The number of ether oxygens (including phenoxy) is 1. The van der Waals surface area contributed by atoms with E-state index in [9.17, 15) is 9.18 Å². The van der Waals surface area contributed by atoms with E-state index in [-0.39, 0.29) is 13.2 Å². The van der Waals surface area contributed by atoms with Crippen molar-refractivity contribution in [2.24, 2.45) is 0 Å². The number of piperidine rings is 1. The molecule has 14 heavy (non-hydrogen) atoms. The molecule has 0 aliphatic carbocycles. The highest BCUT2D eigenvalue weighted by Gasteiger charge is 2.26. The lowest BCUT2D eigenvalue weighted by molar-refractivity contribution is 0.136. The highest BCUT2D eigenvalue weighted by Crippen LogP contribution is 2.07. The van der Waals surface area contributed by atoms with E-state index >= 15 is 0 Å². The van der Waals surface area contributed by atoms with Crippen molar-refractivity contribution in [3.63, 3.8) is 0 Å². The van der Waals surface area contributed by atoms with Crippen LogP contribution < -0.4 is 10.6 Å². The molecule has 0 radical (unpaired) electrons. The minimum Gasteiger partial charge on any atom is -0.445 e. The molecule has 0 spiro atoms. The van der Waals surface area contributed by atoms with Gasteiger partial charge in [0.25, 0.3) is 0 Å². The van der Waals surface area contributed by atoms with Crippen LogP contribution in [0, 0.1) is 0 Å². The normalized spacial score (nSPS) is 26.6. The molecule has 1 heterocycles. The fourth-order valence-electron chi connectivity index (χ4n) is 1.31. The lowest BCUT2D eigenvalue weighted by Gasteiger charge is -2.26. The van der Waals surface area contributed by atoms with Crippen LogP contribution in [0.2, 0.25) is 0 Å². The monoisotopic (exact) mass is 202 g/mol. The Morgan fingerprint density at radius 2 is 2.57 bits per heavy atom. The van der Waals surface area contributed by atoms with Gasteiger partial charge in [-0.05, 0) is 13.0 Å². The number of alkyl carbamates (subject to hydrolysis) is 1. The van der Waals surface area contributed by atoms with Crippen molar-refractivity contribution >= 4 is 6.09 Å². The number of hydrogen-bond donors (Lipinski definition) is 2. The van der Waals surface area contributed by atoms with Gasteiger partial charge in [0, 0.05) is 6.54 Å². The Labute approximate surface area is 82.5 Å². The molecule has 4 nitrogen and oxygen atoms in total. The van der Waals surface area contributed by atoms with Crippen LogP contribution in [0.5, 0.6) is 0 Å². The summed E-state index contributed by atoms with van der Waals surface area (Å²) in [4.78, 5) is 11.0. The Hall–Kier alpha value is -1.10. The van der Waals surface area contributed by atoms with E-state index in [0.29, 0.717) is 13.0 Å². The quantitative estimate of drug-likeness (QED) is 0.659. The molecule has 5 heteroatoms. The zero-order chi connectivity index (χ0) is 10.4. The summed E-state index contributed by atoms with van der Waals surface area (Å²) < 4.78 is 17.9. The van der Waals surface area contributed by atoms with Crippen LogP contribution in [0.25, 0.3) is 0 Å². The van der Waals surface area contributed by atoms with Crippen molar-refractivity contribution in [3.05, 3.63) is 12.7 Å². The molecule has 0 bridgehead atoms. The van der Waals surface area contributed by atoms with Crippen LogP contribution in [0.3, 0.4) is 0 Å². The summed E-state index contributed by atoms with van der Waals surface area (Å²) in [6.45, 7) is 4.55. The van der Waals surface area contributed by atoms with Gasteiger partial charge < -0.3 is 15.4 Å². The molecule has 0 saturated carbocycles. The first-order valence-corrected chi connectivity index (χ1v) is 4.63. The summed E-state index contributed by atoms with van der Waals surface area (Å²) >= 11 is 0. The minimum absolute atomic E-state index is 0.147. The molecule has 0 aromatic carbocycles. The fourth-order valence-corrected chi connectivity index (χ4v) is 1.31. The maximum absolute atomic E-state index is 13.2. The zero-order valence-corrected chi connectivity index (χ0v) is 7.96. The third-order valence-corrected chi connectivity index (χ3v) is 2.04. The van der Waals surface area contributed by atoms with Gasteiger partial charge in [-0.2, -0.15) is 0 Å². The molecule has 2 N–H and O–H groups in total. The molecule has 1 amide bonds. The molecule has 80 valence electrons. The minimum atomic E-state index is -1.04. The highest BCUT2D eigenvalue weighted by molar-refractivity contribution is 5.67. The van der Waals surface area contributed by atoms with Gasteiger partial charge in [0.1, 0.15) is 12.8 Å². The van der Waals surface area contributed by atoms with Gasteiger partial charge in [-0.3, -0.25) is 0 Å². The molecular weight excluding hydrogens is 187 g/mol. The van der Waals surface area contributed by atoms with Crippen molar-refractivity contribution in [3.8, 4) is 0 Å². The Morgan fingerprint density at radius 3 is 3.21 bits per heavy atom. The summed E-state index contributed by atoms with van der Waals surface area (Å²) in [6.07, 6.45) is 0.429. The number of halogens is 1. The van der Waals surface area contributed by atoms with Gasteiger partial charge in [0.05, 0.1) is 6.04 Å². The average Bonchev–Trinajstić information content (AvgIpc) is 2.18. The van der Waals surface area contributed by atoms with Crippen molar-refractivity contribution in [2.75, 3.05) is 19.7 Å². The largest absolute Gasteiger partial charge is 0.445 e. The number of nitrogens with one attached hydrogen (secondary N) is 2. The summed E-state index contributed by atoms with van der Waals surface area (Å²) in [6, 6.07) is -0.437. The second-order valence-corrected chi connectivity index (χ2v) is 3.15. The zero-order valence-electron chi connectivity index (χ0n) is 7.96. The lowest BCUT2D eigenvalue weighted by Crippen LogP contribution is -2.50. The molecule has 1 fully saturated rings. The maximum atomic E-state index is 13.2. The third kappa shape index (κ3) is 3.33. The predicted molar refractivity (Wildman–Crippen MR) is 50.9 cm³/mol. The van der Waals surface area contributed by atoms with E-state index in [1.165, 1.54) is 6.08 Å². The molecule has 1 rings (SSSR count). The van der Waals surface area contributed by atoms with Crippen LogP contribution in [0.1, 0.15) is 6.42 Å². The second kappa shape index (κ2) is 5.59. The fraction of sp³-hybridized carbons (Fsp3) is 0.667. The molecule has 2 atom stereocenters. The van der Waals surface area contributed by atoms with Crippen molar-refractivity contribution in [1.82, 2.24) is 10.6 Å². The molecule has 1 aliphatic heterocycles. The van der Waals surface area contributed by atoms with E-state index in [2.05, 4.69) is 21.9 Å². The number of rotatable bonds is 3. The van der Waals surface area contributed by atoms with Crippen LogP contribution >= 0.6 is 0 Å². The first-order chi connectivity index (χ1) is 6.74. The van der Waals surface area contributed by atoms with Gasteiger partial charge in [-0.25, -0.2) is 9.18 Å². The average molecular weight is 202 g/mol. The van der Waals surface area contributed by atoms with E-state index in [1.54, 1.807) is 0 Å². The third-order valence-electron chi connectivity index (χ3n) is 2.04. The summed E-state index contributed by atoms with van der Waals surface area (Å²) in [5.41, 5.74) is 0. The number of alkyl halides is 1. The second-order valence-electron chi connectivity index (χ2n) is 3.15. The Morgan fingerprint density at radius 1 is 1.79 bits per heavy atom. The molecule has 2 unspecified atom stereocenters. The van der Waals surface area contributed by atoms with E-state index in [4.69, 9.17) is 0 Å². The number of hydrogen-bond acceptors (Lipinski definition) is 3. The molecule has 0 aromatic heterocycles. The molecule has 0 aromatic rings. The van der Waals surface area contributed by atoms with Crippen LogP contribution in [-0.2, 0) is 4.74 Å². The maximum Gasteiger partial charge on any atom is 0.407 e. The van der Waals surface area contributed by atoms with Gasteiger partial charge in [-0.1, -0.05) is 12.7 Å². The van der Waals surface area contributed by atoms with E-state index in [1.807, 2.05) is 0 Å². The summed E-state index contributed by atoms with van der Waals surface area (Å²) in [7, 11) is 0. The molecule has 1 saturated heterocycles. The summed E-state index contributed by atoms with van der Waals surface area (Å²) in [5, 5.41) is 5.38. The smallest absolute Gasteiger partial charge is 0.407 e. The van der Waals surface area contributed by atoms with Crippen LogP contribution in [0.4, 0.5) is 9.18 Å². The summed E-state index contributed by atoms with van der Waals surface area (Å²) in [5.74, 6) is 0. The van der Waals surface area contributed by atoms with E-state index < -0.39 is 18.3 Å². The van der Waals surface area contributed by atoms with Gasteiger partial charge in [0.2, 0.25) is 0 Å². The number of amides is 1. The Bertz CT molecular complexity index is 211. The van der Waals surface area contributed by atoms with Gasteiger partial charge in [-0.15, -0.1) is 0 Å². The topological polar surface area (TPSA) is 50.4 Å².